The van der Waals surface area contributed by atoms with Gasteiger partial charge in [0.1, 0.15) is 24.7 Å². The molecular weight excluding hydrogens is 454 g/mol. The quantitative estimate of drug-likeness (QED) is 0.318. The third-order valence-corrected chi connectivity index (χ3v) is 5.59. The highest BCUT2D eigenvalue weighted by Gasteiger charge is 2.19. The number of rotatable bonds is 12. The van der Waals surface area contributed by atoms with Crippen LogP contribution in [0.3, 0.4) is 0 Å². The van der Waals surface area contributed by atoms with Crippen molar-refractivity contribution in [2.75, 3.05) is 20.8 Å². The Bertz CT molecular complexity index is 1070. The molecule has 0 aliphatic rings. The average Bonchev–Trinajstić information content (AvgIpc) is 2.87. The van der Waals surface area contributed by atoms with Crippen molar-refractivity contribution in [1.29, 1.82) is 0 Å². The second kappa shape index (κ2) is 12.8. The molecule has 6 nitrogen and oxygen atoms in total. The van der Waals surface area contributed by atoms with Gasteiger partial charge < -0.3 is 24.3 Å². The predicted octanol–water partition coefficient (Wildman–Crippen LogP) is 6.05. The largest absolute Gasteiger partial charge is 0.497 e. The fraction of sp³-hybridized carbons (Fsp3) is 0.296. The lowest BCUT2D eigenvalue weighted by molar-refractivity contribution is 0.0952. The van der Waals surface area contributed by atoms with Gasteiger partial charge in [0, 0.05) is 6.54 Å². The number of hydrogen-bond acceptors (Lipinski definition) is 5. The Labute approximate surface area is 205 Å². The van der Waals surface area contributed by atoms with Gasteiger partial charge in [0.25, 0.3) is 5.91 Å². The molecule has 180 valence electrons. The second-order valence-corrected chi connectivity index (χ2v) is 8.02. The summed E-state index contributed by atoms with van der Waals surface area (Å²) in [7, 11) is 3.24. The maximum atomic E-state index is 12.7. The van der Waals surface area contributed by atoms with Gasteiger partial charge in [-0.1, -0.05) is 49.2 Å². The third-order valence-electron chi connectivity index (χ3n) is 5.22. The summed E-state index contributed by atoms with van der Waals surface area (Å²) in [6.45, 7) is 3.22. The molecule has 0 radical (unpaired) electrons. The van der Waals surface area contributed by atoms with Crippen LogP contribution in [-0.2, 0) is 13.2 Å². The number of halogens is 1. The number of nitrogens with one attached hydrogen (secondary N) is 1. The Morgan fingerprint density at radius 1 is 0.824 bits per heavy atom. The summed E-state index contributed by atoms with van der Waals surface area (Å²) in [6.07, 6.45) is 1.88. The van der Waals surface area contributed by atoms with E-state index in [0.717, 1.165) is 35.5 Å². The van der Waals surface area contributed by atoms with Gasteiger partial charge in [-0.25, -0.2) is 0 Å². The molecule has 34 heavy (non-hydrogen) atoms. The molecule has 7 heteroatoms. The normalized spacial score (nSPS) is 10.5. The molecule has 0 heterocycles. The summed E-state index contributed by atoms with van der Waals surface area (Å²) in [6, 6.07) is 18.5. The maximum Gasteiger partial charge on any atom is 0.252 e. The van der Waals surface area contributed by atoms with Crippen molar-refractivity contribution >= 4 is 17.5 Å². The lowest BCUT2D eigenvalue weighted by Crippen LogP contribution is -2.24. The summed E-state index contributed by atoms with van der Waals surface area (Å²) < 4.78 is 22.5. The minimum atomic E-state index is -0.241. The van der Waals surface area contributed by atoms with Crippen LogP contribution in [0.2, 0.25) is 5.02 Å². The number of amides is 1. The fourth-order valence-electron chi connectivity index (χ4n) is 3.20. The van der Waals surface area contributed by atoms with Gasteiger partial charge in [0.2, 0.25) is 0 Å². The number of ether oxygens (including phenoxy) is 4. The summed E-state index contributed by atoms with van der Waals surface area (Å²) >= 11 is 6.65. The van der Waals surface area contributed by atoms with E-state index in [0.29, 0.717) is 30.2 Å². The summed E-state index contributed by atoms with van der Waals surface area (Å²) in [5.41, 5.74) is 2.23. The van der Waals surface area contributed by atoms with Crippen LogP contribution in [0.25, 0.3) is 0 Å². The lowest BCUT2D eigenvalue weighted by atomic mass is 10.1. The van der Waals surface area contributed by atoms with E-state index < -0.39 is 0 Å². The molecule has 0 aliphatic carbocycles. The van der Waals surface area contributed by atoms with Crippen molar-refractivity contribution in [2.45, 2.75) is 33.0 Å². The van der Waals surface area contributed by atoms with Crippen molar-refractivity contribution in [2.24, 2.45) is 0 Å². The van der Waals surface area contributed by atoms with E-state index in [4.69, 9.17) is 30.5 Å². The lowest BCUT2D eigenvalue weighted by Gasteiger charge is -2.17. The van der Waals surface area contributed by atoms with Crippen molar-refractivity contribution < 1.29 is 23.7 Å². The maximum absolute atomic E-state index is 12.7. The van der Waals surface area contributed by atoms with Crippen LogP contribution in [-0.4, -0.2) is 26.7 Å². The molecule has 1 amide bonds. The first kappa shape index (κ1) is 25.2. The van der Waals surface area contributed by atoms with Crippen LogP contribution in [0.1, 0.15) is 41.3 Å². The molecule has 0 atom stereocenters. The zero-order valence-corrected chi connectivity index (χ0v) is 20.5. The zero-order chi connectivity index (χ0) is 24.3. The number of unbranched alkanes of at least 4 members (excludes halogenated alkanes) is 1. The van der Waals surface area contributed by atoms with Crippen molar-refractivity contribution in [3.05, 3.63) is 82.4 Å². The summed E-state index contributed by atoms with van der Waals surface area (Å²) in [4.78, 5) is 12.7. The zero-order valence-electron chi connectivity index (χ0n) is 19.7. The molecule has 3 aromatic carbocycles. The Kier molecular flexibility index (Phi) is 9.47. The summed E-state index contributed by atoms with van der Waals surface area (Å²) in [5.74, 6) is 2.08. The van der Waals surface area contributed by atoms with Crippen molar-refractivity contribution in [3.8, 4) is 23.0 Å². The highest BCUT2D eigenvalue weighted by molar-refractivity contribution is 6.35. The van der Waals surface area contributed by atoms with E-state index >= 15 is 0 Å². The Balaban J connectivity index is 1.81. The van der Waals surface area contributed by atoms with Gasteiger partial charge in [-0.3, -0.25) is 4.79 Å². The van der Waals surface area contributed by atoms with Gasteiger partial charge in [0.05, 0.1) is 24.8 Å². The Morgan fingerprint density at radius 2 is 1.38 bits per heavy atom. The number of hydrogen-bond donors (Lipinski definition) is 1. The van der Waals surface area contributed by atoms with E-state index in [1.807, 2.05) is 48.5 Å². The Morgan fingerprint density at radius 3 is 1.91 bits per heavy atom. The van der Waals surface area contributed by atoms with Gasteiger partial charge in [-0.2, -0.15) is 0 Å². The molecule has 3 aromatic rings. The van der Waals surface area contributed by atoms with E-state index in [9.17, 15) is 4.79 Å². The molecule has 0 fully saturated rings. The predicted molar refractivity (Wildman–Crippen MR) is 133 cm³/mol. The van der Waals surface area contributed by atoms with Crippen LogP contribution >= 0.6 is 11.6 Å². The van der Waals surface area contributed by atoms with Crippen LogP contribution in [0.15, 0.2) is 60.7 Å². The molecule has 0 saturated carbocycles. The van der Waals surface area contributed by atoms with E-state index in [1.165, 1.54) is 0 Å². The van der Waals surface area contributed by atoms with Gasteiger partial charge in [0.15, 0.2) is 11.5 Å². The van der Waals surface area contributed by atoms with Gasteiger partial charge in [-0.05, 0) is 53.9 Å². The highest BCUT2D eigenvalue weighted by Crippen LogP contribution is 2.39. The summed E-state index contributed by atoms with van der Waals surface area (Å²) in [5, 5.41) is 3.11. The number of carbonyl (C=O) groups is 1. The van der Waals surface area contributed by atoms with Crippen LogP contribution in [0.4, 0.5) is 0 Å². The van der Waals surface area contributed by atoms with Crippen LogP contribution in [0, 0.1) is 0 Å². The molecule has 0 aliphatic heterocycles. The molecule has 0 aromatic heterocycles. The van der Waals surface area contributed by atoms with Crippen LogP contribution in [0.5, 0.6) is 23.0 Å². The van der Waals surface area contributed by atoms with E-state index in [1.54, 1.807) is 26.4 Å². The van der Waals surface area contributed by atoms with Crippen molar-refractivity contribution in [1.82, 2.24) is 5.32 Å². The standard InChI is InChI=1S/C27H30ClNO5/c1-4-5-16-29-27(30)23-14-15-24(33-17-19-6-10-21(31-2)11-7-19)26(25(23)28)34-18-20-8-12-22(32-3)13-9-20/h6-15H,4-5,16-18H2,1-3H3,(H,29,30). The van der Waals surface area contributed by atoms with E-state index in [2.05, 4.69) is 12.2 Å². The minimum absolute atomic E-state index is 0.217. The molecule has 0 saturated heterocycles. The third kappa shape index (κ3) is 6.81. The number of carbonyl (C=O) groups excluding carboxylic acids is 1. The first-order chi connectivity index (χ1) is 16.5. The molecule has 1 N–H and O–H groups in total. The fourth-order valence-corrected chi connectivity index (χ4v) is 3.49. The smallest absolute Gasteiger partial charge is 0.252 e. The van der Waals surface area contributed by atoms with Crippen LogP contribution < -0.4 is 24.3 Å². The van der Waals surface area contributed by atoms with E-state index in [-0.39, 0.29) is 17.5 Å². The number of benzene rings is 3. The topological polar surface area (TPSA) is 66.0 Å². The SMILES string of the molecule is CCCCNC(=O)c1ccc(OCc2ccc(OC)cc2)c(OCc2ccc(OC)cc2)c1Cl. The molecular formula is C27H30ClNO5. The number of methoxy groups -OCH3 is 2. The van der Waals surface area contributed by atoms with Gasteiger partial charge in [-0.15, -0.1) is 0 Å². The van der Waals surface area contributed by atoms with Gasteiger partial charge >= 0.3 is 0 Å². The molecule has 0 spiro atoms. The molecule has 3 rings (SSSR count). The van der Waals surface area contributed by atoms with Crippen molar-refractivity contribution in [3.63, 3.8) is 0 Å². The second-order valence-electron chi connectivity index (χ2n) is 7.64. The Hall–Kier alpha value is -3.38. The first-order valence-electron chi connectivity index (χ1n) is 11.2. The first-order valence-corrected chi connectivity index (χ1v) is 11.6. The average molecular weight is 484 g/mol. The highest BCUT2D eigenvalue weighted by atomic mass is 35.5. The minimum Gasteiger partial charge on any atom is -0.497 e. The molecule has 0 bridgehead atoms. The molecule has 0 unspecified atom stereocenters. The monoisotopic (exact) mass is 483 g/mol.